The van der Waals surface area contributed by atoms with Gasteiger partial charge in [-0.15, -0.1) is 0 Å². The van der Waals surface area contributed by atoms with Crippen LogP contribution in [0.1, 0.15) is 25.7 Å². The van der Waals surface area contributed by atoms with E-state index in [2.05, 4.69) is 10.2 Å². The lowest BCUT2D eigenvalue weighted by atomic mass is 10.2. The molecule has 0 bridgehead atoms. The summed E-state index contributed by atoms with van der Waals surface area (Å²) in [6, 6.07) is 12.6. The lowest BCUT2D eigenvalue weighted by Gasteiger charge is -2.23. The molecule has 31 heavy (non-hydrogen) atoms. The molecule has 0 saturated carbocycles. The molecule has 2 aromatic carbocycles. The summed E-state index contributed by atoms with van der Waals surface area (Å²) in [5, 5.41) is 3.20. The molecule has 1 heterocycles. The summed E-state index contributed by atoms with van der Waals surface area (Å²) in [7, 11) is -2.03. The minimum atomic E-state index is -3.53. The predicted octanol–water partition coefficient (Wildman–Crippen LogP) is 4.13. The van der Waals surface area contributed by atoms with Gasteiger partial charge in [-0.1, -0.05) is 11.6 Å². The smallest absolute Gasteiger partial charge is 0.232 e. The van der Waals surface area contributed by atoms with Crippen molar-refractivity contribution in [2.75, 3.05) is 47.5 Å². The molecule has 9 heteroatoms. The standard InChI is InChI=1S/C22H28ClN3O4S/c1-30-21-12-11-19(16-20(21)23)26(31(2,28)29)15-5-6-22(27)24-17-7-9-18(10-8-17)25-13-3-4-14-25/h7-12,16H,3-6,13-15H2,1-2H3,(H,24,27). The maximum atomic E-state index is 12.3. The van der Waals surface area contributed by atoms with E-state index in [1.807, 2.05) is 24.3 Å². The average molecular weight is 466 g/mol. The van der Waals surface area contributed by atoms with Crippen LogP contribution in [0, 0.1) is 0 Å². The van der Waals surface area contributed by atoms with Crippen molar-refractivity contribution in [3.63, 3.8) is 0 Å². The first-order chi connectivity index (χ1) is 14.8. The Balaban J connectivity index is 1.55. The van der Waals surface area contributed by atoms with Crippen LogP contribution in [-0.2, 0) is 14.8 Å². The number of nitrogens with one attached hydrogen (secondary N) is 1. The summed E-state index contributed by atoms with van der Waals surface area (Å²) < 4.78 is 30.9. The van der Waals surface area contributed by atoms with Gasteiger partial charge >= 0.3 is 0 Å². The van der Waals surface area contributed by atoms with E-state index in [1.165, 1.54) is 24.3 Å². The van der Waals surface area contributed by atoms with Gasteiger partial charge < -0.3 is 15.0 Å². The molecule has 1 aliphatic rings. The second-order valence-corrected chi connectivity index (χ2v) is 9.86. The first-order valence-electron chi connectivity index (χ1n) is 10.2. The Morgan fingerprint density at radius 1 is 1.16 bits per heavy atom. The van der Waals surface area contributed by atoms with Gasteiger partial charge in [0, 0.05) is 37.4 Å². The molecule has 0 aromatic heterocycles. The van der Waals surface area contributed by atoms with Crippen LogP contribution in [0.5, 0.6) is 5.75 Å². The van der Waals surface area contributed by atoms with Crippen LogP contribution in [0.4, 0.5) is 17.1 Å². The fourth-order valence-corrected chi connectivity index (χ4v) is 4.84. The Labute approximate surface area is 189 Å². The number of anilines is 3. The van der Waals surface area contributed by atoms with E-state index in [4.69, 9.17) is 16.3 Å². The minimum absolute atomic E-state index is 0.157. The summed E-state index contributed by atoms with van der Waals surface area (Å²) in [5.74, 6) is 0.309. The van der Waals surface area contributed by atoms with Crippen LogP contribution < -0.4 is 19.3 Å². The third-order valence-corrected chi connectivity index (χ3v) is 6.70. The van der Waals surface area contributed by atoms with Crippen molar-refractivity contribution in [3.8, 4) is 5.75 Å². The number of ether oxygens (including phenoxy) is 1. The monoisotopic (exact) mass is 465 g/mol. The van der Waals surface area contributed by atoms with E-state index in [0.29, 0.717) is 22.9 Å². The number of methoxy groups -OCH3 is 1. The van der Waals surface area contributed by atoms with Crippen LogP contribution in [0.25, 0.3) is 0 Å². The van der Waals surface area contributed by atoms with Crippen molar-refractivity contribution in [1.82, 2.24) is 0 Å². The Morgan fingerprint density at radius 3 is 2.42 bits per heavy atom. The predicted molar refractivity (Wildman–Crippen MR) is 126 cm³/mol. The fraction of sp³-hybridized carbons (Fsp3) is 0.409. The molecular weight excluding hydrogens is 438 g/mol. The zero-order valence-corrected chi connectivity index (χ0v) is 19.4. The SMILES string of the molecule is COc1ccc(N(CCCC(=O)Nc2ccc(N3CCCC3)cc2)S(C)(=O)=O)cc1Cl. The van der Waals surface area contributed by atoms with Gasteiger partial charge in [0.25, 0.3) is 0 Å². The molecule has 0 aliphatic carbocycles. The molecule has 0 unspecified atom stereocenters. The molecule has 0 radical (unpaired) electrons. The Bertz CT molecular complexity index is 1010. The van der Waals surface area contributed by atoms with Crippen LogP contribution in [-0.4, -0.2) is 47.3 Å². The molecule has 1 saturated heterocycles. The second kappa shape index (κ2) is 10.2. The number of benzene rings is 2. The van der Waals surface area contributed by atoms with Gasteiger partial charge in [-0.2, -0.15) is 0 Å². The molecule has 0 spiro atoms. The van der Waals surface area contributed by atoms with E-state index in [-0.39, 0.29) is 18.9 Å². The summed E-state index contributed by atoms with van der Waals surface area (Å²) in [4.78, 5) is 14.7. The van der Waals surface area contributed by atoms with Gasteiger partial charge in [-0.25, -0.2) is 8.42 Å². The molecule has 2 aromatic rings. The molecule has 1 amide bonds. The molecule has 7 nitrogen and oxygen atoms in total. The molecular formula is C22H28ClN3O4S. The number of hydrogen-bond donors (Lipinski definition) is 1. The number of nitrogens with zero attached hydrogens (tertiary/aromatic N) is 2. The Hall–Kier alpha value is -2.45. The zero-order chi connectivity index (χ0) is 22.4. The largest absolute Gasteiger partial charge is 0.495 e. The molecule has 0 atom stereocenters. The highest BCUT2D eigenvalue weighted by molar-refractivity contribution is 7.92. The van der Waals surface area contributed by atoms with Gasteiger partial charge in [0.1, 0.15) is 5.75 Å². The molecule has 1 aliphatic heterocycles. The highest BCUT2D eigenvalue weighted by Gasteiger charge is 2.19. The number of sulfonamides is 1. The van der Waals surface area contributed by atoms with Crippen molar-refractivity contribution in [3.05, 3.63) is 47.5 Å². The average Bonchev–Trinajstić information content (AvgIpc) is 3.26. The third kappa shape index (κ3) is 6.27. The number of amides is 1. The van der Waals surface area contributed by atoms with Crippen molar-refractivity contribution < 1.29 is 17.9 Å². The van der Waals surface area contributed by atoms with Crippen LogP contribution in [0.15, 0.2) is 42.5 Å². The topological polar surface area (TPSA) is 79.0 Å². The van der Waals surface area contributed by atoms with Gasteiger partial charge in [0.15, 0.2) is 0 Å². The lowest BCUT2D eigenvalue weighted by molar-refractivity contribution is -0.116. The van der Waals surface area contributed by atoms with Gasteiger partial charge in [-0.3, -0.25) is 9.10 Å². The van der Waals surface area contributed by atoms with Crippen LogP contribution in [0.3, 0.4) is 0 Å². The van der Waals surface area contributed by atoms with E-state index >= 15 is 0 Å². The van der Waals surface area contributed by atoms with Gasteiger partial charge in [0.05, 0.1) is 24.1 Å². The fourth-order valence-electron chi connectivity index (χ4n) is 3.63. The van der Waals surface area contributed by atoms with Crippen molar-refractivity contribution in [2.24, 2.45) is 0 Å². The normalized spacial score (nSPS) is 13.8. The first-order valence-corrected chi connectivity index (χ1v) is 12.5. The van der Waals surface area contributed by atoms with E-state index in [9.17, 15) is 13.2 Å². The number of carbonyl (C=O) groups excluding carboxylic acids is 1. The minimum Gasteiger partial charge on any atom is -0.495 e. The number of carbonyl (C=O) groups is 1. The third-order valence-electron chi connectivity index (χ3n) is 5.21. The van der Waals surface area contributed by atoms with E-state index in [0.717, 1.165) is 30.7 Å². The Morgan fingerprint density at radius 2 is 1.84 bits per heavy atom. The van der Waals surface area contributed by atoms with Crippen molar-refractivity contribution in [2.45, 2.75) is 25.7 Å². The highest BCUT2D eigenvalue weighted by Crippen LogP contribution is 2.30. The highest BCUT2D eigenvalue weighted by atomic mass is 35.5. The molecule has 1 N–H and O–H groups in total. The summed E-state index contributed by atoms with van der Waals surface area (Å²) >= 11 is 6.14. The van der Waals surface area contributed by atoms with Crippen molar-refractivity contribution >= 4 is 44.6 Å². The second-order valence-electron chi connectivity index (χ2n) is 7.55. The van der Waals surface area contributed by atoms with Crippen LogP contribution >= 0.6 is 11.6 Å². The summed E-state index contributed by atoms with van der Waals surface area (Å²) in [6.07, 6.45) is 4.13. The number of hydrogen-bond acceptors (Lipinski definition) is 5. The zero-order valence-electron chi connectivity index (χ0n) is 17.8. The molecule has 1 fully saturated rings. The number of halogens is 1. The molecule has 168 valence electrons. The van der Waals surface area contributed by atoms with Crippen molar-refractivity contribution in [1.29, 1.82) is 0 Å². The maximum absolute atomic E-state index is 12.3. The summed E-state index contributed by atoms with van der Waals surface area (Å²) in [5.41, 5.74) is 2.33. The first kappa shape index (κ1) is 23.2. The maximum Gasteiger partial charge on any atom is 0.232 e. The summed E-state index contributed by atoms with van der Waals surface area (Å²) in [6.45, 7) is 2.31. The molecule has 3 rings (SSSR count). The van der Waals surface area contributed by atoms with E-state index < -0.39 is 10.0 Å². The Kier molecular flexibility index (Phi) is 7.67. The van der Waals surface area contributed by atoms with E-state index in [1.54, 1.807) is 18.2 Å². The number of rotatable bonds is 9. The quantitative estimate of drug-likeness (QED) is 0.602. The lowest BCUT2D eigenvalue weighted by Crippen LogP contribution is -2.31. The van der Waals surface area contributed by atoms with Gasteiger partial charge in [0.2, 0.25) is 15.9 Å². The van der Waals surface area contributed by atoms with Crippen LogP contribution in [0.2, 0.25) is 5.02 Å². The van der Waals surface area contributed by atoms with Gasteiger partial charge in [-0.05, 0) is 61.7 Å².